The maximum absolute atomic E-state index is 11.8. The summed E-state index contributed by atoms with van der Waals surface area (Å²) < 4.78 is 5.43. The molecule has 1 aromatic rings. The Kier molecular flexibility index (Phi) is 5.64. The van der Waals surface area contributed by atoms with Gasteiger partial charge in [-0.1, -0.05) is 13.8 Å². The molecule has 0 aliphatic heterocycles. The van der Waals surface area contributed by atoms with Crippen molar-refractivity contribution in [3.63, 3.8) is 0 Å². The normalized spacial score (nSPS) is 11.4. The quantitative estimate of drug-likeness (QED) is 0.888. The molecule has 0 aliphatic rings. The van der Waals surface area contributed by atoms with Crippen molar-refractivity contribution in [2.75, 3.05) is 7.11 Å². The highest BCUT2D eigenvalue weighted by Crippen LogP contribution is 2.29. The molecule has 4 nitrogen and oxygen atoms in total. The predicted octanol–water partition coefficient (Wildman–Crippen LogP) is 3.72. The molecule has 4 heteroatoms. The summed E-state index contributed by atoms with van der Waals surface area (Å²) in [6.07, 6.45) is 0. The Bertz CT molecular complexity index is 502. The molecule has 0 bridgehead atoms. The van der Waals surface area contributed by atoms with E-state index < -0.39 is 0 Å². The first-order valence-corrected chi connectivity index (χ1v) is 7.37. The Labute approximate surface area is 128 Å². The topological polar surface area (TPSA) is 50.4 Å². The number of carbonyl (C=O) groups is 1. The highest BCUT2D eigenvalue weighted by atomic mass is 16.5. The lowest BCUT2D eigenvalue weighted by Crippen LogP contribution is -2.46. The molecule has 0 aromatic heterocycles. The minimum atomic E-state index is -0.234. The number of nitrogens with one attached hydrogen (secondary N) is 2. The van der Waals surface area contributed by atoms with Gasteiger partial charge in [0, 0.05) is 12.1 Å². The molecule has 0 unspecified atom stereocenters. The number of benzene rings is 1. The summed E-state index contributed by atoms with van der Waals surface area (Å²) in [6.45, 7) is 12.7. The maximum atomic E-state index is 11.8. The molecule has 0 radical (unpaired) electrons. The van der Waals surface area contributed by atoms with Crippen LogP contribution in [0.1, 0.15) is 57.2 Å². The predicted molar refractivity (Wildman–Crippen MR) is 86.9 cm³/mol. The number of urea groups is 1. The summed E-state index contributed by atoms with van der Waals surface area (Å²) in [6, 6.07) is 4.01. The van der Waals surface area contributed by atoms with Crippen molar-refractivity contribution < 1.29 is 9.53 Å². The van der Waals surface area contributed by atoms with Gasteiger partial charge in [-0.15, -0.1) is 0 Å². The van der Waals surface area contributed by atoms with Gasteiger partial charge in [0.05, 0.1) is 7.11 Å². The lowest BCUT2D eigenvalue weighted by Gasteiger charge is -2.21. The van der Waals surface area contributed by atoms with Crippen LogP contribution in [-0.2, 0) is 6.54 Å². The molecule has 0 saturated carbocycles. The van der Waals surface area contributed by atoms with Crippen molar-refractivity contribution in [1.29, 1.82) is 0 Å². The lowest BCUT2D eigenvalue weighted by atomic mass is 9.96. The van der Waals surface area contributed by atoms with Crippen LogP contribution in [0.25, 0.3) is 0 Å². The molecular weight excluding hydrogens is 264 g/mol. The van der Waals surface area contributed by atoms with Crippen LogP contribution in [0.3, 0.4) is 0 Å². The third kappa shape index (κ3) is 5.29. The SMILES string of the molecule is COc1cc(C)c(CNC(=O)NC(C)(C)C)cc1C(C)C. The minimum absolute atomic E-state index is 0.149. The van der Waals surface area contributed by atoms with Gasteiger partial charge >= 0.3 is 6.03 Å². The Morgan fingerprint density at radius 1 is 1.29 bits per heavy atom. The number of carbonyl (C=O) groups excluding carboxylic acids is 1. The largest absolute Gasteiger partial charge is 0.496 e. The van der Waals surface area contributed by atoms with Crippen molar-refractivity contribution in [2.45, 2.75) is 59.5 Å². The van der Waals surface area contributed by atoms with Crippen LogP contribution in [0.2, 0.25) is 0 Å². The highest BCUT2D eigenvalue weighted by Gasteiger charge is 2.15. The van der Waals surface area contributed by atoms with Crippen LogP contribution in [0, 0.1) is 6.92 Å². The molecule has 1 aromatic carbocycles. The second-order valence-corrected chi connectivity index (χ2v) is 6.73. The summed E-state index contributed by atoms with van der Waals surface area (Å²) in [5.74, 6) is 1.29. The van der Waals surface area contributed by atoms with Crippen LogP contribution in [0.5, 0.6) is 5.75 Å². The van der Waals surface area contributed by atoms with E-state index in [9.17, 15) is 4.79 Å². The second-order valence-electron chi connectivity index (χ2n) is 6.73. The first kappa shape index (κ1) is 17.3. The fraction of sp³-hybridized carbons (Fsp3) is 0.588. The van der Waals surface area contributed by atoms with Crippen LogP contribution < -0.4 is 15.4 Å². The van der Waals surface area contributed by atoms with E-state index in [-0.39, 0.29) is 11.6 Å². The summed E-state index contributed by atoms with van der Waals surface area (Å²) in [4.78, 5) is 11.8. The zero-order valence-corrected chi connectivity index (χ0v) is 14.3. The van der Waals surface area contributed by atoms with E-state index in [1.807, 2.05) is 33.8 Å². The Morgan fingerprint density at radius 3 is 2.38 bits per heavy atom. The molecule has 118 valence electrons. The molecule has 21 heavy (non-hydrogen) atoms. The van der Waals surface area contributed by atoms with Crippen molar-refractivity contribution in [2.24, 2.45) is 0 Å². The Hall–Kier alpha value is -1.71. The van der Waals surface area contributed by atoms with Crippen molar-refractivity contribution in [3.05, 3.63) is 28.8 Å². The molecule has 0 saturated heterocycles. The summed E-state index contributed by atoms with van der Waals surface area (Å²) in [7, 11) is 1.69. The van der Waals surface area contributed by atoms with E-state index in [2.05, 4.69) is 30.5 Å². The van der Waals surface area contributed by atoms with E-state index in [0.29, 0.717) is 12.5 Å². The molecule has 0 aliphatic carbocycles. The molecule has 0 heterocycles. The third-order valence-corrected chi connectivity index (χ3v) is 3.24. The monoisotopic (exact) mass is 292 g/mol. The van der Waals surface area contributed by atoms with Gasteiger partial charge in [0.1, 0.15) is 5.75 Å². The number of rotatable bonds is 4. The number of amides is 2. The van der Waals surface area contributed by atoms with Gasteiger partial charge in [0.25, 0.3) is 0 Å². The first-order valence-electron chi connectivity index (χ1n) is 7.37. The molecular formula is C17H28N2O2. The van der Waals surface area contributed by atoms with E-state index >= 15 is 0 Å². The van der Waals surface area contributed by atoms with Gasteiger partial charge in [0.15, 0.2) is 0 Å². The molecule has 2 N–H and O–H groups in total. The standard InChI is InChI=1S/C17H28N2O2/c1-11(2)14-9-13(12(3)8-15(14)21-7)10-18-16(20)19-17(4,5)6/h8-9,11H,10H2,1-7H3,(H2,18,19,20). The lowest BCUT2D eigenvalue weighted by molar-refractivity contribution is 0.231. The van der Waals surface area contributed by atoms with Gasteiger partial charge in [0.2, 0.25) is 0 Å². The molecule has 0 atom stereocenters. The smallest absolute Gasteiger partial charge is 0.315 e. The summed E-state index contributed by atoms with van der Waals surface area (Å²) >= 11 is 0. The number of hydrogen-bond acceptors (Lipinski definition) is 2. The zero-order valence-electron chi connectivity index (χ0n) is 14.3. The fourth-order valence-electron chi connectivity index (χ4n) is 2.12. The minimum Gasteiger partial charge on any atom is -0.496 e. The van der Waals surface area contributed by atoms with Crippen LogP contribution in [0.15, 0.2) is 12.1 Å². The Morgan fingerprint density at radius 2 is 1.90 bits per heavy atom. The number of hydrogen-bond donors (Lipinski definition) is 2. The van der Waals surface area contributed by atoms with Crippen LogP contribution >= 0.6 is 0 Å². The van der Waals surface area contributed by atoms with Gasteiger partial charge in [-0.25, -0.2) is 4.79 Å². The van der Waals surface area contributed by atoms with Crippen molar-refractivity contribution in [3.8, 4) is 5.75 Å². The maximum Gasteiger partial charge on any atom is 0.315 e. The van der Waals surface area contributed by atoms with Gasteiger partial charge in [-0.3, -0.25) is 0 Å². The summed E-state index contributed by atoms with van der Waals surface area (Å²) in [5.41, 5.74) is 3.16. The molecule has 2 amide bonds. The van der Waals surface area contributed by atoms with E-state index in [1.54, 1.807) is 7.11 Å². The molecule has 0 fully saturated rings. The highest BCUT2D eigenvalue weighted by molar-refractivity contribution is 5.74. The van der Waals surface area contributed by atoms with Crippen molar-refractivity contribution in [1.82, 2.24) is 10.6 Å². The molecule has 0 spiro atoms. The van der Waals surface area contributed by atoms with Crippen molar-refractivity contribution >= 4 is 6.03 Å². The molecule has 1 rings (SSSR count). The Balaban J connectivity index is 2.84. The average Bonchev–Trinajstić information content (AvgIpc) is 2.34. The zero-order chi connectivity index (χ0) is 16.2. The van der Waals surface area contributed by atoms with E-state index in [1.165, 1.54) is 0 Å². The number of ether oxygens (including phenoxy) is 1. The first-order chi connectivity index (χ1) is 9.64. The second kappa shape index (κ2) is 6.83. The average molecular weight is 292 g/mol. The number of aryl methyl sites for hydroxylation is 1. The third-order valence-electron chi connectivity index (χ3n) is 3.24. The van der Waals surface area contributed by atoms with Gasteiger partial charge in [-0.05, 0) is 62.4 Å². The summed E-state index contributed by atoms with van der Waals surface area (Å²) in [5, 5.41) is 5.80. The van der Waals surface area contributed by atoms with Gasteiger partial charge < -0.3 is 15.4 Å². The van der Waals surface area contributed by atoms with Crippen LogP contribution in [0.4, 0.5) is 4.79 Å². The van der Waals surface area contributed by atoms with Gasteiger partial charge in [-0.2, -0.15) is 0 Å². The number of methoxy groups -OCH3 is 1. The fourth-order valence-corrected chi connectivity index (χ4v) is 2.12. The van der Waals surface area contributed by atoms with E-state index in [0.717, 1.165) is 22.4 Å². The van der Waals surface area contributed by atoms with E-state index in [4.69, 9.17) is 4.74 Å². The van der Waals surface area contributed by atoms with Crippen LogP contribution in [-0.4, -0.2) is 18.7 Å².